The molecule has 0 amide bonds. The summed E-state index contributed by atoms with van der Waals surface area (Å²) in [6, 6.07) is 0. The van der Waals surface area contributed by atoms with Gasteiger partial charge in [0.2, 0.25) is 0 Å². The maximum atomic E-state index is 9.45. The predicted octanol–water partition coefficient (Wildman–Crippen LogP) is 2.38. The first kappa shape index (κ1) is 14.1. The third-order valence-corrected chi connectivity index (χ3v) is 2.93. The number of aliphatic hydroxyl groups is 1. The lowest BCUT2D eigenvalue weighted by atomic mass is 10.1. The van der Waals surface area contributed by atoms with Gasteiger partial charge in [-0.2, -0.15) is 0 Å². The summed E-state index contributed by atoms with van der Waals surface area (Å²) in [5.41, 5.74) is 1.06. The lowest BCUT2D eigenvalue weighted by Crippen LogP contribution is -2.36. The maximum absolute atomic E-state index is 9.45. The van der Waals surface area contributed by atoms with Crippen LogP contribution < -0.4 is 0 Å². The average molecular weight is 236 g/mol. The maximum Gasteiger partial charge on any atom is 0.0564 e. The first-order chi connectivity index (χ1) is 8.26. The van der Waals surface area contributed by atoms with Crippen LogP contribution in [0.1, 0.15) is 32.6 Å². The molecule has 0 saturated carbocycles. The highest BCUT2D eigenvalue weighted by Gasteiger charge is 2.17. The monoisotopic (exact) mass is 236 g/mol. The Kier molecular flexibility index (Phi) is 6.82. The molecule has 3 nitrogen and oxygen atoms in total. The van der Waals surface area contributed by atoms with Gasteiger partial charge in [0.25, 0.3) is 0 Å². The van der Waals surface area contributed by atoms with Crippen LogP contribution in [-0.2, 0) is 0 Å². The molecule has 1 heterocycles. The van der Waals surface area contributed by atoms with Gasteiger partial charge in [-0.1, -0.05) is 26.0 Å². The molecular formula is C14H24N2O. The van der Waals surface area contributed by atoms with E-state index in [9.17, 15) is 5.11 Å². The Balaban J connectivity index is 2.44. The molecule has 0 unspecified atom stereocenters. The Bertz CT molecular complexity index is 276. The molecule has 0 bridgehead atoms. The second-order valence-corrected chi connectivity index (χ2v) is 4.50. The molecule has 1 aliphatic heterocycles. The summed E-state index contributed by atoms with van der Waals surface area (Å²) < 4.78 is 0. The van der Waals surface area contributed by atoms with Crippen LogP contribution in [0.15, 0.2) is 29.4 Å². The van der Waals surface area contributed by atoms with Gasteiger partial charge < -0.3 is 5.11 Å². The smallest absolute Gasteiger partial charge is 0.0564 e. The Morgan fingerprint density at radius 1 is 1.47 bits per heavy atom. The number of aliphatic hydroxyl groups excluding tert-OH is 1. The molecule has 1 N–H and O–H groups in total. The Morgan fingerprint density at radius 3 is 2.76 bits per heavy atom. The topological polar surface area (TPSA) is 35.8 Å². The molecule has 1 aliphatic rings. The molecule has 0 atom stereocenters. The molecule has 17 heavy (non-hydrogen) atoms. The summed E-state index contributed by atoms with van der Waals surface area (Å²) in [6.07, 6.45) is 9.53. The Hall–Kier alpha value is -0.930. The molecular weight excluding hydrogens is 212 g/mol. The minimum absolute atomic E-state index is 0.110. The van der Waals surface area contributed by atoms with Gasteiger partial charge in [-0.25, -0.2) is 0 Å². The van der Waals surface area contributed by atoms with E-state index in [0.717, 1.165) is 51.0 Å². The third-order valence-electron chi connectivity index (χ3n) is 2.93. The van der Waals surface area contributed by atoms with Crippen molar-refractivity contribution in [1.82, 2.24) is 4.90 Å². The number of likely N-dealkylation sites (tertiary alicyclic amines) is 1. The van der Waals surface area contributed by atoms with Crippen LogP contribution in [0.3, 0.4) is 0 Å². The Morgan fingerprint density at radius 2 is 2.18 bits per heavy atom. The van der Waals surface area contributed by atoms with Gasteiger partial charge >= 0.3 is 0 Å². The highest BCUT2D eigenvalue weighted by atomic mass is 16.3. The van der Waals surface area contributed by atoms with Gasteiger partial charge in [-0.15, -0.1) is 0 Å². The van der Waals surface area contributed by atoms with E-state index < -0.39 is 0 Å². The normalized spacial score (nSPS) is 20.0. The minimum Gasteiger partial charge on any atom is -0.393 e. The molecule has 1 fully saturated rings. The number of hydrogen-bond donors (Lipinski definition) is 1. The van der Waals surface area contributed by atoms with E-state index >= 15 is 0 Å². The van der Waals surface area contributed by atoms with Gasteiger partial charge in [-0.05, 0) is 25.3 Å². The van der Waals surface area contributed by atoms with Crippen molar-refractivity contribution < 1.29 is 5.11 Å². The summed E-state index contributed by atoms with van der Waals surface area (Å²) in [4.78, 5) is 6.82. The summed E-state index contributed by atoms with van der Waals surface area (Å²) in [5, 5.41) is 9.45. The number of rotatable bonds is 6. The van der Waals surface area contributed by atoms with E-state index in [0.29, 0.717) is 0 Å². The number of nitrogens with zero attached hydrogens (tertiary/aromatic N) is 2. The van der Waals surface area contributed by atoms with Gasteiger partial charge in [-0.3, -0.25) is 9.89 Å². The van der Waals surface area contributed by atoms with Crippen molar-refractivity contribution in [2.75, 3.05) is 19.6 Å². The average Bonchev–Trinajstić information content (AvgIpc) is 2.32. The lowest BCUT2D eigenvalue weighted by Gasteiger charge is -2.29. The quantitative estimate of drug-likeness (QED) is 0.568. The summed E-state index contributed by atoms with van der Waals surface area (Å²) in [5.74, 6) is 0. The first-order valence-corrected chi connectivity index (χ1v) is 6.50. The van der Waals surface area contributed by atoms with Crippen molar-refractivity contribution in [2.24, 2.45) is 4.99 Å². The second kappa shape index (κ2) is 8.20. The summed E-state index contributed by atoms with van der Waals surface area (Å²) in [7, 11) is 0. The van der Waals surface area contributed by atoms with Crippen molar-refractivity contribution in [3.63, 3.8) is 0 Å². The zero-order valence-electron chi connectivity index (χ0n) is 10.8. The van der Waals surface area contributed by atoms with Crippen molar-refractivity contribution >= 4 is 6.21 Å². The van der Waals surface area contributed by atoms with E-state index in [1.54, 1.807) is 6.08 Å². The van der Waals surface area contributed by atoms with E-state index in [-0.39, 0.29) is 6.10 Å². The van der Waals surface area contributed by atoms with Gasteiger partial charge in [0.1, 0.15) is 0 Å². The van der Waals surface area contributed by atoms with Crippen molar-refractivity contribution in [3.8, 4) is 0 Å². The molecule has 0 aromatic heterocycles. The number of aliphatic imine (C=N–C) groups is 1. The molecule has 0 radical (unpaired) electrons. The number of allylic oxidation sites excluding steroid dienone is 2. The van der Waals surface area contributed by atoms with Crippen LogP contribution in [-0.4, -0.2) is 42.0 Å². The zero-order chi connectivity index (χ0) is 12.5. The van der Waals surface area contributed by atoms with Crippen LogP contribution >= 0.6 is 0 Å². The molecule has 1 saturated heterocycles. The van der Waals surface area contributed by atoms with Crippen molar-refractivity contribution in [2.45, 2.75) is 38.7 Å². The van der Waals surface area contributed by atoms with E-state index in [1.165, 1.54) is 0 Å². The van der Waals surface area contributed by atoms with Crippen LogP contribution in [0.2, 0.25) is 0 Å². The second-order valence-electron chi connectivity index (χ2n) is 4.50. The van der Waals surface area contributed by atoms with Crippen molar-refractivity contribution in [3.05, 3.63) is 24.4 Å². The van der Waals surface area contributed by atoms with E-state index in [4.69, 9.17) is 0 Å². The lowest BCUT2D eigenvalue weighted by molar-refractivity contribution is 0.0868. The molecule has 3 heteroatoms. The van der Waals surface area contributed by atoms with Crippen LogP contribution in [0.4, 0.5) is 0 Å². The highest BCUT2D eigenvalue weighted by molar-refractivity contribution is 5.58. The van der Waals surface area contributed by atoms with E-state index in [1.807, 2.05) is 12.3 Å². The highest BCUT2D eigenvalue weighted by Crippen LogP contribution is 2.12. The first-order valence-electron chi connectivity index (χ1n) is 6.50. The molecule has 1 rings (SSSR count). The zero-order valence-corrected chi connectivity index (χ0v) is 10.8. The molecule has 0 aromatic carbocycles. The SMILES string of the molecule is C=C/C=C(/CN1CCC(O)CC1)N=CCCC. The summed E-state index contributed by atoms with van der Waals surface area (Å²) in [6.45, 7) is 8.65. The van der Waals surface area contributed by atoms with E-state index in [2.05, 4.69) is 23.4 Å². The number of unbranched alkanes of at least 4 members (excludes halogenated alkanes) is 1. The van der Waals surface area contributed by atoms with Crippen LogP contribution in [0.5, 0.6) is 0 Å². The molecule has 96 valence electrons. The number of piperidine rings is 1. The van der Waals surface area contributed by atoms with Gasteiger partial charge in [0.05, 0.1) is 11.8 Å². The fraction of sp³-hybridized carbons (Fsp3) is 0.643. The van der Waals surface area contributed by atoms with Crippen molar-refractivity contribution in [1.29, 1.82) is 0 Å². The fourth-order valence-corrected chi connectivity index (χ4v) is 1.89. The van der Waals surface area contributed by atoms with Crippen LogP contribution in [0.25, 0.3) is 0 Å². The third kappa shape index (κ3) is 5.80. The largest absolute Gasteiger partial charge is 0.393 e. The molecule has 0 aromatic rings. The predicted molar refractivity (Wildman–Crippen MR) is 73.4 cm³/mol. The standard InChI is InChI=1S/C14H24N2O/c1-3-5-9-15-13(6-4-2)12-16-10-7-14(17)8-11-16/h4,6,9,14,17H,2-3,5,7-8,10-12H2,1H3/b13-6-,15-9?. The molecule has 0 spiro atoms. The number of hydrogen-bond acceptors (Lipinski definition) is 3. The summed E-state index contributed by atoms with van der Waals surface area (Å²) >= 11 is 0. The van der Waals surface area contributed by atoms with Crippen LogP contribution in [0, 0.1) is 0 Å². The molecule has 0 aliphatic carbocycles. The van der Waals surface area contributed by atoms with Gasteiger partial charge in [0.15, 0.2) is 0 Å². The fourth-order valence-electron chi connectivity index (χ4n) is 1.89. The van der Waals surface area contributed by atoms with Gasteiger partial charge in [0, 0.05) is 25.8 Å². The Labute approximate surface area is 105 Å². The minimum atomic E-state index is -0.110.